The van der Waals surface area contributed by atoms with E-state index in [9.17, 15) is 0 Å². The summed E-state index contributed by atoms with van der Waals surface area (Å²) in [5.74, 6) is 2.36. The van der Waals surface area contributed by atoms with Gasteiger partial charge in [0.05, 0.1) is 6.61 Å². The number of hydrogen-bond donors (Lipinski definition) is 0. The molecule has 1 aromatic heterocycles. The number of benzene rings is 1. The first-order chi connectivity index (χ1) is 16.2. The van der Waals surface area contributed by atoms with Gasteiger partial charge in [0, 0.05) is 17.3 Å². The lowest BCUT2D eigenvalue weighted by atomic mass is 10.0. The molecule has 184 valence electrons. The van der Waals surface area contributed by atoms with Crippen LogP contribution in [0.1, 0.15) is 116 Å². The quantitative estimate of drug-likeness (QED) is 0.199. The molecule has 1 aromatic carbocycles. The summed E-state index contributed by atoms with van der Waals surface area (Å²) < 4.78 is 6.21. The zero-order valence-corrected chi connectivity index (χ0v) is 21.7. The molecule has 0 spiro atoms. The van der Waals surface area contributed by atoms with E-state index in [4.69, 9.17) is 9.72 Å². The third-order valence-corrected chi connectivity index (χ3v) is 6.68. The Morgan fingerprint density at radius 2 is 1.45 bits per heavy atom. The molecule has 2 rings (SSSR count). The van der Waals surface area contributed by atoms with Crippen molar-refractivity contribution in [2.24, 2.45) is 5.92 Å². The van der Waals surface area contributed by atoms with E-state index in [1.807, 2.05) is 24.4 Å². The minimum atomic E-state index is 0.743. The topological polar surface area (TPSA) is 35.0 Å². The molecule has 2 aromatic rings. The van der Waals surface area contributed by atoms with Gasteiger partial charge in [-0.25, -0.2) is 4.98 Å². The summed E-state index contributed by atoms with van der Waals surface area (Å²) in [7, 11) is 0. The van der Waals surface area contributed by atoms with Gasteiger partial charge in [0.15, 0.2) is 5.82 Å². The van der Waals surface area contributed by atoms with Gasteiger partial charge in [-0.1, -0.05) is 122 Å². The summed E-state index contributed by atoms with van der Waals surface area (Å²) in [5.41, 5.74) is 2.21. The Morgan fingerprint density at radius 1 is 0.788 bits per heavy atom. The maximum absolute atomic E-state index is 6.21. The van der Waals surface area contributed by atoms with Crippen LogP contribution < -0.4 is 4.74 Å². The molecule has 0 N–H and O–H groups in total. The summed E-state index contributed by atoms with van der Waals surface area (Å²) in [5, 5.41) is 0. The van der Waals surface area contributed by atoms with Crippen LogP contribution in [0.2, 0.25) is 0 Å². The van der Waals surface area contributed by atoms with Gasteiger partial charge in [0.2, 0.25) is 5.88 Å². The van der Waals surface area contributed by atoms with E-state index in [0.29, 0.717) is 0 Å². The van der Waals surface area contributed by atoms with Crippen LogP contribution >= 0.6 is 0 Å². The number of rotatable bonds is 19. The molecule has 0 bridgehead atoms. The maximum Gasteiger partial charge on any atom is 0.220 e. The summed E-state index contributed by atoms with van der Waals surface area (Å²) in [4.78, 5) is 9.48. The van der Waals surface area contributed by atoms with Crippen LogP contribution in [0.3, 0.4) is 0 Å². The van der Waals surface area contributed by atoms with E-state index in [2.05, 4.69) is 37.9 Å². The molecule has 0 aliphatic carbocycles. The normalized spacial score (nSPS) is 12.1. The van der Waals surface area contributed by atoms with Gasteiger partial charge in [-0.15, -0.1) is 0 Å². The predicted octanol–water partition coefficient (Wildman–Crippen LogP) is 9.20. The lowest BCUT2D eigenvalue weighted by molar-refractivity contribution is 0.285. The van der Waals surface area contributed by atoms with Gasteiger partial charge in [-0.05, 0) is 31.6 Å². The fourth-order valence-electron chi connectivity index (χ4n) is 4.18. The minimum absolute atomic E-state index is 0.743. The van der Waals surface area contributed by atoms with E-state index in [-0.39, 0.29) is 0 Å². The first-order valence-electron chi connectivity index (χ1n) is 13.8. The SMILES string of the molecule is CCCCCCCCCCCCc1cnc(-c2ccccc2)nc1OCCCCC(C)CC. The van der Waals surface area contributed by atoms with Gasteiger partial charge in [-0.3, -0.25) is 0 Å². The zero-order chi connectivity index (χ0) is 23.6. The van der Waals surface area contributed by atoms with Crippen molar-refractivity contribution < 1.29 is 4.74 Å². The Labute approximate surface area is 203 Å². The lowest BCUT2D eigenvalue weighted by Crippen LogP contribution is -2.05. The molecule has 0 fully saturated rings. The molecule has 1 unspecified atom stereocenters. The number of aryl methyl sites for hydroxylation is 1. The second kappa shape index (κ2) is 17.6. The van der Waals surface area contributed by atoms with Crippen LogP contribution in [0, 0.1) is 5.92 Å². The predicted molar refractivity (Wildman–Crippen MR) is 142 cm³/mol. The fraction of sp³-hybridized carbons (Fsp3) is 0.667. The van der Waals surface area contributed by atoms with Crippen molar-refractivity contribution in [2.45, 2.75) is 117 Å². The second-order valence-electron chi connectivity index (χ2n) is 9.68. The first-order valence-corrected chi connectivity index (χ1v) is 13.8. The summed E-state index contributed by atoms with van der Waals surface area (Å²) in [6.45, 7) is 7.63. The molecule has 0 radical (unpaired) electrons. The number of hydrogen-bond acceptors (Lipinski definition) is 3. The van der Waals surface area contributed by atoms with Crippen LogP contribution in [-0.4, -0.2) is 16.6 Å². The van der Waals surface area contributed by atoms with Crippen molar-refractivity contribution >= 4 is 0 Å². The standard InChI is InChI=1S/C30H48N2O/c1-4-6-7-8-9-10-11-12-13-15-23-28-25-31-29(27-21-16-14-17-22-27)32-30(28)33-24-19-18-20-26(3)5-2/h14,16-17,21-22,25-26H,4-13,15,18-20,23-24H2,1-3H3. The van der Waals surface area contributed by atoms with Gasteiger partial charge in [0.25, 0.3) is 0 Å². The molecule has 3 nitrogen and oxygen atoms in total. The fourth-order valence-corrected chi connectivity index (χ4v) is 4.18. The Kier molecular flexibility index (Phi) is 14.6. The van der Waals surface area contributed by atoms with Crippen molar-refractivity contribution in [3.63, 3.8) is 0 Å². The first kappa shape index (κ1) is 27.3. The highest BCUT2D eigenvalue weighted by atomic mass is 16.5. The van der Waals surface area contributed by atoms with Crippen molar-refractivity contribution in [2.75, 3.05) is 6.61 Å². The van der Waals surface area contributed by atoms with E-state index in [0.717, 1.165) is 48.2 Å². The third kappa shape index (κ3) is 11.7. The van der Waals surface area contributed by atoms with Crippen LogP contribution in [0.5, 0.6) is 5.88 Å². The van der Waals surface area contributed by atoms with Gasteiger partial charge < -0.3 is 4.74 Å². The highest BCUT2D eigenvalue weighted by Gasteiger charge is 2.10. The van der Waals surface area contributed by atoms with Gasteiger partial charge >= 0.3 is 0 Å². The number of ether oxygens (including phenoxy) is 1. The highest BCUT2D eigenvalue weighted by molar-refractivity contribution is 5.55. The Balaban J connectivity index is 1.81. The number of unbranched alkanes of at least 4 members (excludes halogenated alkanes) is 10. The van der Waals surface area contributed by atoms with Crippen molar-refractivity contribution in [3.05, 3.63) is 42.1 Å². The maximum atomic E-state index is 6.21. The van der Waals surface area contributed by atoms with Crippen LogP contribution in [0.25, 0.3) is 11.4 Å². The van der Waals surface area contributed by atoms with Crippen LogP contribution in [0.4, 0.5) is 0 Å². The molecule has 0 aliphatic heterocycles. The van der Waals surface area contributed by atoms with Gasteiger partial charge in [-0.2, -0.15) is 4.98 Å². The molecule has 33 heavy (non-hydrogen) atoms. The molecule has 3 heteroatoms. The molecule has 0 amide bonds. The Morgan fingerprint density at radius 3 is 2.12 bits per heavy atom. The number of nitrogens with zero attached hydrogens (tertiary/aromatic N) is 2. The lowest BCUT2D eigenvalue weighted by Gasteiger charge is -2.13. The zero-order valence-electron chi connectivity index (χ0n) is 21.7. The molecule has 1 atom stereocenters. The van der Waals surface area contributed by atoms with Crippen LogP contribution in [-0.2, 0) is 6.42 Å². The molecule has 1 heterocycles. The minimum Gasteiger partial charge on any atom is -0.477 e. The van der Waals surface area contributed by atoms with Crippen LogP contribution in [0.15, 0.2) is 36.5 Å². The number of aromatic nitrogens is 2. The van der Waals surface area contributed by atoms with Crippen molar-refractivity contribution in [1.29, 1.82) is 0 Å². The van der Waals surface area contributed by atoms with E-state index in [1.54, 1.807) is 0 Å². The van der Waals surface area contributed by atoms with Crippen molar-refractivity contribution in [3.8, 4) is 17.3 Å². The molecular formula is C30H48N2O. The van der Waals surface area contributed by atoms with E-state index >= 15 is 0 Å². The monoisotopic (exact) mass is 452 g/mol. The highest BCUT2D eigenvalue weighted by Crippen LogP contribution is 2.23. The molecule has 0 saturated carbocycles. The van der Waals surface area contributed by atoms with E-state index in [1.165, 1.54) is 83.5 Å². The van der Waals surface area contributed by atoms with E-state index < -0.39 is 0 Å². The average molecular weight is 453 g/mol. The summed E-state index contributed by atoms with van der Waals surface area (Å²) in [6, 6.07) is 10.2. The third-order valence-electron chi connectivity index (χ3n) is 6.68. The van der Waals surface area contributed by atoms with Crippen molar-refractivity contribution in [1.82, 2.24) is 9.97 Å². The Hall–Kier alpha value is -1.90. The largest absolute Gasteiger partial charge is 0.477 e. The molecule has 0 saturated heterocycles. The average Bonchev–Trinajstić information content (AvgIpc) is 2.85. The molecular weight excluding hydrogens is 404 g/mol. The Bertz CT molecular complexity index is 731. The smallest absolute Gasteiger partial charge is 0.220 e. The van der Waals surface area contributed by atoms with Gasteiger partial charge in [0.1, 0.15) is 0 Å². The summed E-state index contributed by atoms with van der Waals surface area (Å²) in [6.07, 6.45) is 21.4. The summed E-state index contributed by atoms with van der Waals surface area (Å²) >= 11 is 0. The second-order valence-corrected chi connectivity index (χ2v) is 9.68. The molecule has 0 aliphatic rings.